The molecule has 0 radical (unpaired) electrons. The second kappa shape index (κ2) is 8.78. The van der Waals surface area contributed by atoms with E-state index in [9.17, 15) is 18.4 Å². The fourth-order valence-corrected chi connectivity index (χ4v) is 4.88. The average Bonchev–Trinajstić information content (AvgIpc) is 3.30. The number of carbonyl (C=O) groups is 2. The summed E-state index contributed by atoms with van der Waals surface area (Å²) in [6, 6.07) is 9.08. The highest BCUT2D eigenvalue weighted by Crippen LogP contribution is 2.41. The highest BCUT2D eigenvalue weighted by atomic mass is 19.2. The third kappa shape index (κ3) is 3.93. The van der Waals surface area contributed by atoms with Crippen molar-refractivity contribution < 1.29 is 18.4 Å². The van der Waals surface area contributed by atoms with Crippen LogP contribution in [0, 0.1) is 25.5 Å². The van der Waals surface area contributed by atoms with E-state index in [4.69, 9.17) is 0 Å². The molecule has 0 spiro atoms. The van der Waals surface area contributed by atoms with E-state index in [1.807, 2.05) is 25.8 Å². The van der Waals surface area contributed by atoms with Gasteiger partial charge < -0.3 is 20.1 Å². The Morgan fingerprint density at radius 3 is 2.43 bits per heavy atom. The standard InChI is InChI=1S/C27H26F2N4O2/c1-15-22(30-16(2)23(15)27(35)33-12-10-32(3)11-13-33)14-19-24-17(6-5-9-21(24)31-26(19)34)18-7-4-8-20(28)25(18)29/h4-9,14,30H,10-13H2,1-3H3,(H,31,34). The number of fused-ring (bicyclic) bond motifs is 1. The highest BCUT2D eigenvalue weighted by molar-refractivity contribution is 6.36. The van der Waals surface area contributed by atoms with Crippen molar-refractivity contribution >= 4 is 29.2 Å². The number of halogens is 2. The molecule has 2 aliphatic rings. The Balaban J connectivity index is 1.58. The van der Waals surface area contributed by atoms with Crippen LogP contribution in [0.15, 0.2) is 36.4 Å². The summed E-state index contributed by atoms with van der Waals surface area (Å²) in [6.07, 6.45) is 1.69. The molecule has 0 aliphatic carbocycles. The first-order chi connectivity index (χ1) is 16.8. The smallest absolute Gasteiger partial charge is 0.256 e. The molecule has 0 unspecified atom stereocenters. The van der Waals surface area contributed by atoms with Crippen molar-refractivity contribution in [2.24, 2.45) is 0 Å². The second-order valence-electron chi connectivity index (χ2n) is 9.10. The number of H-pyrrole nitrogens is 1. The van der Waals surface area contributed by atoms with Gasteiger partial charge >= 0.3 is 0 Å². The summed E-state index contributed by atoms with van der Waals surface area (Å²) in [5.41, 5.74) is 4.54. The van der Waals surface area contributed by atoms with Crippen LogP contribution in [-0.2, 0) is 4.79 Å². The van der Waals surface area contributed by atoms with E-state index in [1.54, 1.807) is 24.3 Å². The van der Waals surface area contributed by atoms with Crippen LogP contribution in [0.3, 0.4) is 0 Å². The van der Waals surface area contributed by atoms with Crippen LogP contribution >= 0.6 is 0 Å². The van der Waals surface area contributed by atoms with Gasteiger partial charge in [0.2, 0.25) is 0 Å². The molecule has 2 aromatic carbocycles. The van der Waals surface area contributed by atoms with E-state index >= 15 is 0 Å². The largest absolute Gasteiger partial charge is 0.358 e. The molecule has 2 amide bonds. The van der Waals surface area contributed by atoms with Gasteiger partial charge in [-0.15, -0.1) is 0 Å². The summed E-state index contributed by atoms with van der Waals surface area (Å²) in [4.78, 5) is 33.5. The highest BCUT2D eigenvalue weighted by Gasteiger charge is 2.30. The van der Waals surface area contributed by atoms with Crippen LogP contribution < -0.4 is 5.32 Å². The third-order valence-corrected chi connectivity index (χ3v) is 6.84. The number of rotatable bonds is 3. The van der Waals surface area contributed by atoms with Gasteiger partial charge in [0.15, 0.2) is 11.6 Å². The summed E-state index contributed by atoms with van der Waals surface area (Å²) in [5, 5.41) is 2.81. The summed E-state index contributed by atoms with van der Waals surface area (Å²) >= 11 is 0. The van der Waals surface area contributed by atoms with Gasteiger partial charge in [-0.05, 0) is 50.2 Å². The maximum Gasteiger partial charge on any atom is 0.256 e. The topological polar surface area (TPSA) is 68.4 Å². The quantitative estimate of drug-likeness (QED) is 0.549. The monoisotopic (exact) mass is 476 g/mol. The number of benzene rings is 2. The molecular formula is C27H26F2N4O2. The molecule has 2 N–H and O–H groups in total. The number of anilines is 1. The van der Waals surface area contributed by atoms with Crippen molar-refractivity contribution in [2.45, 2.75) is 13.8 Å². The van der Waals surface area contributed by atoms with Crippen molar-refractivity contribution in [2.75, 3.05) is 38.5 Å². The van der Waals surface area contributed by atoms with Crippen molar-refractivity contribution in [3.63, 3.8) is 0 Å². The minimum atomic E-state index is -0.966. The molecule has 3 heterocycles. The lowest BCUT2D eigenvalue weighted by molar-refractivity contribution is -0.110. The fourth-order valence-electron chi connectivity index (χ4n) is 4.88. The van der Waals surface area contributed by atoms with Gasteiger partial charge in [-0.1, -0.05) is 24.3 Å². The molecule has 1 fully saturated rings. The maximum atomic E-state index is 14.7. The SMILES string of the molecule is Cc1[nH]c(C=C2C(=O)Nc3cccc(-c4cccc(F)c4F)c32)c(C)c1C(=O)N1CCN(C)CC1. The van der Waals surface area contributed by atoms with Crippen LogP contribution in [0.25, 0.3) is 22.8 Å². The minimum Gasteiger partial charge on any atom is -0.358 e. The molecule has 2 aliphatic heterocycles. The number of piperazine rings is 1. The van der Waals surface area contributed by atoms with Crippen molar-refractivity contribution in [3.8, 4) is 11.1 Å². The lowest BCUT2D eigenvalue weighted by Gasteiger charge is -2.32. The number of likely N-dealkylation sites (N-methyl/N-ethyl adjacent to an activating group) is 1. The van der Waals surface area contributed by atoms with E-state index in [0.29, 0.717) is 46.7 Å². The Kier molecular flexibility index (Phi) is 5.76. The Bertz CT molecular complexity index is 1380. The van der Waals surface area contributed by atoms with Gasteiger partial charge in [0.05, 0.1) is 11.1 Å². The lowest BCUT2D eigenvalue weighted by Crippen LogP contribution is -2.47. The van der Waals surface area contributed by atoms with Gasteiger partial charge in [-0.25, -0.2) is 8.78 Å². The lowest BCUT2D eigenvalue weighted by atomic mass is 9.93. The van der Waals surface area contributed by atoms with Gasteiger partial charge in [-0.3, -0.25) is 9.59 Å². The minimum absolute atomic E-state index is 0.0344. The van der Waals surface area contributed by atoms with Gasteiger partial charge in [-0.2, -0.15) is 0 Å². The number of aromatic nitrogens is 1. The molecule has 180 valence electrons. The predicted molar refractivity (Wildman–Crippen MR) is 132 cm³/mol. The summed E-state index contributed by atoms with van der Waals surface area (Å²) < 4.78 is 28.6. The number of hydrogen-bond donors (Lipinski definition) is 2. The van der Waals surface area contributed by atoms with Crippen LogP contribution in [0.5, 0.6) is 0 Å². The zero-order chi connectivity index (χ0) is 24.9. The number of carbonyl (C=O) groups excluding carboxylic acids is 2. The third-order valence-electron chi connectivity index (χ3n) is 6.84. The molecule has 0 saturated carbocycles. The Hall–Kier alpha value is -3.78. The molecule has 6 nitrogen and oxygen atoms in total. The van der Waals surface area contributed by atoms with Crippen LogP contribution in [-0.4, -0.2) is 59.8 Å². The second-order valence-corrected chi connectivity index (χ2v) is 9.10. The molecule has 8 heteroatoms. The summed E-state index contributed by atoms with van der Waals surface area (Å²) in [5.74, 6) is -2.30. The molecule has 1 aromatic heterocycles. The molecule has 0 bridgehead atoms. The summed E-state index contributed by atoms with van der Waals surface area (Å²) in [6.45, 7) is 6.66. The molecule has 3 aromatic rings. The number of nitrogens with one attached hydrogen (secondary N) is 2. The summed E-state index contributed by atoms with van der Waals surface area (Å²) in [7, 11) is 2.04. The van der Waals surface area contributed by atoms with Crippen LogP contribution in [0.4, 0.5) is 14.5 Å². The number of aryl methyl sites for hydroxylation is 1. The Morgan fingerprint density at radius 1 is 1.00 bits per heavy atom. The molecule has 0 atom stereocenters. The zero-order valence-electron chi connectivity index (χ0n) is 19.8. The van der Waals surface area contributed by atoms with Gasteiger partial charge in [0.1, 0.15) is 0 Å². The molecule has 5 rings (SSSR count). The Morgan fingerprint density at radius 2 is 1.69 bits per heavy atom. The van der Waals surface area contributed by atoms with Crippen molar-refractivity contribution in [1.82, 2.24) is 14.8 Å². The van der Waals surface area contributed by atoms with E-state index in [2.05, 4.69) is 15.2 Å². The van der Waals surface area contributed by atoms with E-state index in [0.717, 1.165) is 30.4 Å². The Labute approximate surface area is 202 Å². The van der Waals surface area contributed by atoms with E-state index in [1.165, 1.54) is 12.1 Å². The van der Waals surface area contributed by atoms with E-state index < -0.39 is 11.6 Å². The predicted octanol–water partition coefficient (Wildman–Crippen LogP) is 4.46. The van der Waals surface area contributed by atoms with E-state index in [-0.39, 0.29) is 17.4 Å². The van der Waals surface area contributed by atoms with Crippen LogP contribution in [0.2, 0.25) is 0 Å². The fraction of sp³-hybridized carbons (Fsp3) is 0.259. The first-order valence-electron chi connectivity index (χ1n) is 11.5. The molecule has 35 heavy (non-hydrogen) atoms. The average molecular weight is 477 g/mol. The number of hydrogen-bond acceptors (Lipinski definition) is 3. The van der Waals surface area contributed by atoms with Gasteiger partial charge in [0.25, 0.3) is 11.8 Å². The first kappa shape index (κ1) is 23.0. The number of nitrogens with zero attached hydrogens (tertiary/aromatic N) is 2. The van der Waals surface area contributed by atoms with Crippen LogP contribution in [0.1, 0.15) is 32.9 Å². The molecule has 1 saturated heterocycles. The first-order valence-corrected chi connectivity index (χ1v) is 11.5. The maximum absolute atomic E-state index is 14.7. The number of amides is 2. The zero-order valence-corrected chi connectivity index (χ0v) is 19.8. The van der Waals surface area contributed by atoms with Crippen molar-refractivity contribution in [1.29, 1.82) is 0 Å². The molecular weight excluding hydrogens is 450 g/mol. The van der Waals surface area contributed by atoms with Gasteiger partial charge in [0, 0.05) is 54.4 Å². The normalized spacial score (nSPS) is 17.1. The number of aromatic amines is 1. The van der Waals surface area contributed by atoms with Crippen molar-refractivity contribution in [3.05, 3.63) is 76.1 Å².